The van der Waals surface area contributed by atoms with Crippen molar-refractivity contribution in [1.82, 2.24) is 5.32 Å². The van der Waals surface area contributed by atoms with Gasteiger partial charge in [-0.05, 0) is 56.5 Å². The molecular weight excluding hydrogens is 434 g/mol. The molecule has 0 aromatic heterocycles. The molecule has 1 atom stereocenters. The standard InChI is InChI=1S/C26H25N3O5/c1-16-8-4-5-9-21(16)29-23(31)19-11-10-18(14-20(19)24(29)32)25(33)34-17(2)22(30)28-26(15-27)12-6-3-7-13-26/h4-5,8-11,14,17H,3,6-7,12-13H2,1-2H3,(H,28,30)/t17-/m1/s1. The van der Waals surface area contributed by atoms with Crippen molar-refractivity contribution < 1.29 is 23.9 Å². The minimum atomic E-state index is -1.13. The van der Waals surface area contributed by atoms with Crippen molar-refractivity contribution in [2.24, 2.45) is 0 Å². The van der Waals surface area contributed by atoms with Gasteiger partial charge in [-0.3, -0.25) is 14.4 Å². The first kappa shape index (κ1) is 23.2. The highest BCUT2D eigenvalue weighted by molar-refractivity contribution is 6.34. The van der Waals surface area contributed by atoms with Gasteiger partial charge in [-0.2, -0.15) is 5.26 Å². The Balaban J connectivity index is 1.48. The summed E-state index contributed by atoms with van der Waals surface area (Å²) in [6.45, 7) is 3.24. The lowest BCUT2D eigenvalue weighted by molar-refractivity contribution is -0.130. The van der Waals surface area contributed by atoms with E-state index >= 15 is 0 Å². The molecule has 1 fully saturated rings. The van der Waals surface area contributed by atoms with Crippen LogP contribution in [0.5, 0.6) is 0 Å². The molecule has 1 saturated carbocycles. The van der Waals surface area contributed by atoms with Gasteiger partial charge in [0.2, 0.25) is 0 Å². The summed E-state index contributed by atoms with van der Waals surface area (Å²) in [6.07, 6.45) is 2.72. The van der Waals surface area contributed by atoms with Gasteiger partial charge >= 0.3 is 5.97 Å². The summed E-state index contributed by atoms with van der Waals surface area (Å²) in [5, 5.41) is 12.3. The average Bonchev–Trinajstić information content (AvgIpc) is 3.09. The van der Waals surface area contributed by atoms with E-state index < -0.39 is 35.3 Å². The topological polar surface area (TPSA) is 117 Å². The first-order chi connectivity index (χ1) is 16.3. The molecular formula is C26H25N3O5. The molecule has 34 heavy (non-hydrogen) atoms. The smallest absolute Gasteiger partial charge is 0.338 e. The van der Waals surface area contributed by atoms with Crippen LogP contribution in [0.3, 0.4) is 0 Å². The second kappa shape index (κ2) is 9.10. The number of fused-ring (bicyclic) bond motifs is 1. The van der Waals surface area contributed by atoms with Gasteiger partial charge in [-0.1, -0.05) is 37.5 Å². The van der Waals surface area contributed by atoms with Crippen LogP contribution in [0.4, 0.5) is 5.69 Å². The van der Waals surface area contributed by atoms with Gasteiger partial charge in [-0.15, -0.1) is 0 Å². The molecule has 3 amide bonds. The van der Waals surface area contributed by atoms with Crippen LogP contribution >= 0.6 is 0 Å². The largest absolute Gasteiger partial charge is 0.449 e. The first-order valence-electron chi connectivity index (χ1n) is 11.3. The number of nitriles is 1. The summed E-state index contributed by atoms with van der Waals surface area (Å²) in [4.78, 5) is 52.3. The molecule has 1 heterocycles. The normalized spacial score (nSPS) is 17.5. The summed E-state index contributed by atoms with van der Waals surface area (Å²) in [5.41, 5.74) is 0.671. The Morgan fingerprint density at radius 2 is 1.74 bits per heavy atom. The van der Waals surface area contributed by atoms with Crippen molar-refractivity contribution in [2.75, 3.05) is 4.90 Å². The van der Waals surface area contributed by atoms with Gasteiger partial charge < -0.3 is 10.1 Å². The number of benzene rings is 2. The summed E-state index contributed by atoms with van der Waals surface area (Å²) in [5.74, 6) is -2.33. The van der Waals surface area contributed by atoms with Crippen LogP contribution in [0.15, 0.2) is 42.5 Å². The number of carbonyl (C=O) groups excluding carboxylic acids is 4. The van der Waals surface area contributed by atoms with Gasteiger partial charge in [0.05, 0.1) is 28.4 Å². The Hall–Kier alpha value is -3.99. The number of nitrogens with zero attached hydrogens (tertiary/aromatic N) is 2. The van der Waals surface area contributed by atoms with Crippen molar-refractivity contribution in [2.45, 2.75) is 57.6 Å². The average molecular weight is 460 g/mol. The monoisotopic (exact) mass is 459 g/mol. The molecule has 0 unspecified atom stereocenters. The molecule has 2 aromatic carbocycles. The molecule has 2 aromatic rings. The van der Waals surface area contributed by atoms with Gasteiger partial charge in [0, 0.05) is 0 Å². The second-order valence-electron chi connectivity index (χ2n) is 8.78. The minimum Gasteiger partial charge on any atom is -0.449 e. The number of imide groups is 1. The molecule has 1 aliphatic heterocycles. The number of aryl methyl sites for hydroxylation is 1. The van der Waals surface area contributed by atoms with E-state index in [0.717, 1.165) is 29.7 Å². The van der Waals surface area contributed by atoms with E-state index in [1.54, 1.807) is 25.1 Å². The number of para-hydroxylation sites is 1. The Morgan fingerprint density at radius 1 is 1.06 bits per heavy atom. The molecule has 0 saturated heterocycles. The van der Waals surface area contributed by atoms with Crippen molar-refractivity contribution in [1.29, 1.82) is 5.26 Å². The number of amides is 3. The lowest BCUT2D eigenvalue weighted by Gasteiger charge is -2.32. The van der Waals surface area contributed by atoms with Crippen LogP contribution in [0.2, 0.25) is 0 Å². The van der Waals surface area contributed by atoms with E-state index in [1.165, 1.54) is 25.1 Å². The molecule has 4 rings (SSSR count). The Labute approximate surface area is 197 Å². The summed E-state index contributed by atoms with van der Waals surface area (Å²) >= 11 is 0. The zero-order chi connectivity index (χ0) is 24.5. The molecule has 0 radical (unpaired) electrons. The van der Waals surface area contributed by atoms with Gasteiger partial charge in [0.25, 0.3) is 17.7 Å². The van der Waals surface area contributed by atoms with E-state index in [0.29, 0.717) is 18.5 Å². The van der Waals surface area contributed by atoms with E-state index in [-0.39, 0.29) is 16.7 Å². The fourth-order valence-corrected chi connectivity index (χ4v) is 4.44. The Morgan fingerprint density at radius 3 is 2.41 bits per heavy atom. The summed E-state index contributed by atoms with van der Waals surface area (Å²) < 4.78 is 5.31. The predicted octanol–water partition coefficient (Wildman–Crippen LogP) is 3.68. The van der Waals surface area contributed by atoms with E-state index in [4.69, 9.17) is 4.74 Å². The van der Waals surface area contributed by atoms with Crippen molar-refractivity contribution >= 4 is 29.4 Å². The second-order valence-corrected chi connectivity index (χ2v) is 8.78. The highest BCUT2D eigenvalue weighted by Crippen LogP contribution is 2.31. The number of ether oxygens (including phenoxy) is 1. The van der Waals surface area contributed by atoms with Gasteiger partial charge in [0.15, 0.2) is 6.10 Å². The highest BCUT2D eigenvalue weighted by atomic mass is 16.5. The summed E-state index contributed by atoms with van der Waals surface area (Å²) in [6, 6.07) is 13.4. The summed E-state index contributed by atoms with van der Waals surface area (Å²) in [7, 11) is 0. The third kappa shape index (κ3) is 4.17. The molecule has 2 aliphatic rings. The molecule has 1 aliphatic carbocycles. The van der Waals surface area contributed by atoms with Crippen LogP contribution in [0.25, 0.3) is 0 Å². The van der Waals surface area contributed by atoms with Crippen LogP contribution < -0.4 is 10.2 Å². The van der Waals surface area contributed by atoms with E-state index in [1.807, 2.05) is 6.07 Å². The maximum atomic E-state index is 13.0. The van der Waals surface area contributed by atoms with E-state index in [2.05, 4.69) is 11.4 Å². The first-order valence-corrected chi connectivity index (χ1v) is 11.3. The molecule has 0 spiro atoms. The number of hydrogen-bond acceptors (Lipinski definition) is 6. The minimum absolute atomic E-state index is 0.0545. The number of hydrogen-bond donors (Lipinski definition) is 1. The van der Waals surface area contributed by atoms with Crippen molar-refractivity contribution in [3.63, 3.8) is 0 Å². The number of anilines is 1. The molecule has 0 bridgehead atoms. The number of carbonyl (C=O) groups is 4. The predicted molar refractivity (Wildman–Crippen MR) is 123 cm³/mol. The highest BCUT2D eigenvalue weighted by Gasteiger charge is 2.38. The maximum Gasteiger partial charge on any atom is 0.338 e. The number of esters is 1. The van der Waals surface area contributed by atoms with Gasteiger partial charge in [0.1, 0.15) is 5.54 Å². The molecule has 8 heteroatoms. The van der Waals surface area contributed by atoms with Crippen molar-refractivity contribution in [3.05, 3.63) is 64.7 Å². The lowest BCUT2D eigenvalue weighted by Crippen LogP contribution is -2.52. The maximum absolute atomic E-state index is 13.0. The van der Waals surface area contributed by atoms with Gasteiger partial charge in [-0.25, -0.2) is 9.69 Å². The van der Waals surface area contributed by atoms with Crippen molar-refractivity contribution in [3.8, 4) is 6.07 Å². The van der Waals surface area contributed by atoms with Crippen LogP contribution in [0, 0.1) is 18.3 Å². The fourth-order valence-electron chi connectivity index (χ4n) is 4.44. The molecule has 1 N–H and O–H groups in total. The Kier molecular flexibility index (Phi) is 6.20. The fraction of sp³-hybridized carbons (Fsp3) is 0.346. The number of rotatable bonds is 5. The number of nitrogens with one attached hydrogen (secondary N) is 1. The van der Waals surface area contributed by atoms with Crippen LogP contribution in [-0.4, -0.2) is 35.3 Å². The quantitative estimate of drug-likeness (QED) is 0.538. The Bertz CT molecular complexity index is 1220. The van der Waals surface area contributed by atoms with Crippen LogP contribution in [0.1, 0.15) is 75.7 Å². The third-order valence-corrected chi connectivity index (χ3v) is 6.42. The molecule has 8 nitrogen and oxygen atoms in total. The van der Waals surface area contributed by atoms with Crippen LogP contribution in [-0.2, 0) is 9.53 Å². The zero-order valence-corrected chi connectivity index (χ0v) is 19.1. The lowest BCUT2D eigenvalue weighted by atomic mass is 9.83. The molecule has 174 valence electrons. The third-order valence-electron chi connectivity index (χ3n) is 6.42. The SMILES string of the molecule is Cc1ccccc1N1C(=O)c2ccc(C(=O)O[C@H](C)C(=O)NC3(C#N)CCCCC3)cc2C1=O. The van der Waals surface area contributed by atoms with E-state index in [9.17, 15) is 24.4 Å². The zero-order valence-electron chi connectivity index (χ0n) is 19.1.